The Labute approximate surface area is 234 Å². The molecule has 0 aliphatic rings. The highest BCUT2D eigenvalue weighted by Gasteiger charge is 2.35. The van der Waals surface area contributed by atoms with Crippen LogP contribution in [0.3, 0.4) is 0 Å². The van der Waals surface area contributed by atoms with Crippen molar-refractivity contribution in [2.75, 3.05) is 0 Å². The number of rotatable bonds is 7. The van der Waals surface area contributed by atoms with Crippen molar-refractivity contribution in [2.45, 2.75) is 38.9 Å². The quantitative estimate of drug-likeness (QED) is 0.245. The van der Waals surface area contributed by atoms with Crippen LogP contribution >= 0.6 is 0 Å². The normalized spacial score (nSPS) is 12.2. The van der Waals surface area contributed by atoms with Crippen molar-refractivity contribution >= 4 is 34.9 Å². The fourth-order valence-corrected chi connectivity index (χ4v) is 4.51. The average Bonchev–Trinajstić information content (AvgIpc) is 3.34. The van der Waals surface area contributed by atoms with Gasteiger partial charge in [-0.3, -0.25) is 0 Å². The highest BCUT2D eigenvalue weighted by Crippen LogP contribution is 2.35. The summed E-state index contributed by atoms with van der Waals surface area (Å²) in [7, 11) is 0.293. The molecule has 4 aromatic carbocycles. The first-order chi connectivity index (χ1) is 19.2. The highest BCUT2D eigenvalue weighted by molar-refractivity contribution is 6.48. The maximum Gasteiger partial charge on any atom is 0.309 e. The van der Waals surface area contributed by atoms with Gasteiger partial charge in [0.15, 0.2) is 17.5 Å². The van der Waals surface area contributed by atoms with Gasteiger partial charge in [-0.1, -0.05) is 96.5 Å². The van der Waals surface area contributed by atoms with E-state index < -0.39 is 11.2 Å². The molecule has 40 heavy (non-hydrogen) atoms. The van der Waals surface area contributed by atoms with Crippen LogP contribution in [-0.2, 0) is 4.65 Å². The number of hydrogen-bond acceptors (Lipinski definition) is 6. The maximum atomic E-state index is 10.6. The summed E-state index contributed by atoms with van der Waals surface area (Å²) in [6.45, 7) is 7.30. The van der Waals surface area contributed by atoms with Crippen molar-refractivity contribution in [3.05, 3.63) is 97.1 Å². The van der Waals surface area contributed by atoms with E-state index in [9.17, 15) is 5.11 Å². The second-order valence-electron chi connectivity index (χ2n) is 11.0. The number of furan rings is 1. The number of fused-ring (bicyclic) bond motifs is 3. The van der Waals surface area contributed by atoms with Crippen molar-refractivity contribution in [1.29, 1.82) is 0 Å². The Kier molecular flexibility index (Phi) is 6.49. The summed E-state index contributed by atoms with van der Waals surface area (Å²) in [4.78, 5) is 14.7. The Morgan fingerprint density at radius 2 is 1.23 bits per heavy atom. The molecule has 6 rings (SSSR count). The van der Waals surface area contributed by atoms with Gasteiger partial charge in [0.25, 0.3) is 0 Å². The van der Waals surface area contributed by atoms with Crippen LogP contribution in [0.4, 0.5) is 0 Å². The second-order valence-corrected chi connectivity index (χ2v) is 11.0. The lowest BCUT2D eigenvalue weighted by atomic mass is 9.81. The predicted molar refractivity (Wildman–Crippen MR) is 162 cm³/mol. The molecule has 1 N–H and O–H groups in total. The van der Waals surface area contributed by atoms with Crippen molar-refractivity contribution in [3.8, 4) is 34.2 Å². The minimum absolute atomic E-state index is 0.293. The molecule has 6 aromatic rings. The third-order valence-corrected chi connectivity index (χ3v) is 7.55. The largest absolute Gasteiger partial charge is 0.455 e. The number of nitrogens with zero attached hydrogens (tertiary/aromatic N) is 3. The van der Waals surface area contributed by atoms with Crippen LogP contribution in [0.5, 0.6) is 0 Å². The van der Waals surface area contributed by atoms with Gasteiger partial charge in [-0.05, 0) is 33.8 Å². The van der Waals surface area contributed by atoms with E-state index in [-0.39, 0.29) is 0 Å². The SMILES string of the molecule is CC(C)(O)C(C)(C)OBc1cc(-c2nc(-c3ccccc3)nc(-c3ccccc3)n2)c2oc3ccccc3c2c1. The standard InChI is InChI=1S/C33H30BN3O3/c1-32(2,38)33(3,4)40-34-23-19-25-24-17-11-12-18-27(24)39-28(25)26(20-23)31-36-29(21-13-7-5-8-14-21)35-30(37-31)22-15-9-6-10-16-22/h5-20,34,38H,1-4H3. The zero-order valence-corrected chi connectivity index (χ0v) is 23.1. The minimum Gasteiger partial charge on any atom is -0.455 e. The summed E-state index contributed by atoms with van der Waals surface area (Å²) in [5, 5.41) is 12.6. The molecule has 6 nitrogen and oxygen atoms in total. The molecule has 2 heterocycles. The van der Waals surface area contributed by atoms with Crippen LogP contribution in [0.1, 0.15) is 27.7 Å². The lowest BCUT2D eigenvalue weighted by Crippen LogP contribution is -2.49. The molecule has 0 fully saturated rings. The first-order valence-electron chi connectivity index (χ1n) is 13.4. The summed E-state index contributed by atoms with van der Waals surface area (Å²) >= 11 is 0. The Morgan fingerprint density at radius 1 is 0.675 bits per heavy atom. The molecule has 198 valence electrons. The van der Waals surface area contributed by atoms with Crippen LogP contribution < -0.4 is 5.46 Å². The average molecular weight is 527 g/mol. The van der Waals surface area contributed by atoms with Crippen LogP contribution in [0.25, 0.3) is 56.1 Å². The van der Waals surface area contributed by atoms with E-state index >= 15 is 0 Å². The highest BCUT2D eigenvalue weighted by atomic mass is 16.5. The van der Waals surface area contributed by atoms with E-state index in [1.54, 1.807) is 13.8 Å². The predicted octanol–water partition coefficient (Wildman–Crippen LogP) is 6.31. The summed E-state index contributed by atoms with van der Waals surface area (Å²) in [5.41, 5.74) is 3.18. The number of aliphatic hydroxyl groups is 1. The first kappa shape index (κ1) is 25.9. The Morgan fingerprint density at radius 3 is 1.82 bits per heavy atom. The van der Waals surface area contributed by atoms with Crippen LogP contribution in [0.15, 0.2) is 101 Å². The molecule has 0 unspecified atom stereocenters. The zero-order chi connectivity index (χ0) is 27.9. The third-order valence-electron chi connectivity index (χ3n) is 7.55. The first-order valence-corrected chi connectivity index (χ1v) is 13.4. The molecule has 0 radical (unpaired) electrons. The van der Waals surface area contributed by atoms with E-state index in [2.05, 4.69) is 12.1 Å². The van der Waals surface area contributed by atoms with Crippen molar-refractivity contribution in [3.63, 3.8) is 0 Å². The van der Waals surface area contributed by atoms with Gasteiger partial charge in [0.05, 0.1) is 16.8 Å². The monoisotopic (exact) mass is 527 g/mol. The molecule has 2 aromatic heterocycles. The summed E-state index contributed by atoms with van der Waals surface area (Å²) in [5.74, 6) is 1.68. The fraction of sp³-hybridized carbons (Fsp3) is 0.182. The second kappa shape index (κ2) is 10.0. The smallest absolute Gasteiger partial charge is 0.309 e. The molecule has 0 amide bonds. The van der Waals surface area contributed by atoms with Crippen LogP contribution in [0.2, 0.25) is 0 Å². The van der Waals surface area contributed by atoms with Gasteiger partial charge in [-0.2, -0.15) is 0 Å². The van der Waals surface area contributed by atoms with Crippen LogP contribution in [0, 0.1) is 0 Å². The molecule has 0 saturated heterocycles. The lowest BCUT2D eigenvalue weighted by molar-refractivity contribution is -0.0893. The number of para-hydroxylation sites is 1. The molecule has 0 spiro atoms. The van der Waals surface area contributed by atoms with E-state index in [0.29, 0.717) is 30.5 Å². The van der Waals surface area contributed by atoms with Gasteiger partial charge >= 0.3 is 7.48 Å². The van der Waals surface area contributed by atoms with E-state index in [4.69, 9.17) is 24.0 Å². The topological polar surface area (TPSA) is 81.3 Å². The van der Waals surface area contributed by atoms with E-state index in [1.807, 2.05) is 98.8 Å². The number of aromatic nitrogens is 3. The zero-order valence-electron chi connectivity index (χ0n) is 23.1. The molecule has 0 saturated carbocycles. The fourth-order valence-electron chi connectivity index (χ4n) is 4.51. The Bertz CT molecular complexity index is 1750. The summed E-state index contributed by atoms with van der Waals surface area (Å²) < 4.78 is 12.7. The number of benzene rings is 4. The molecular formula is C33H30BN3O3. The molecule has 0 bridgehead atoms. The van der Waals surface area contributed by atoms with Gasteiger partial charge in [0, 0.05) is 21.9 Å². The third kappa shape index (κ3) is 4.90. The Balaban J connectivity index is 1.57. The van der Waals surface area contributed by atoms with E-state index in [1.165, 1.54) is 0 Å². The Hall–Kier alpha value is -4.33. The van der Waals surface area contributed by atoms with Gasteiger partial charge in [0.2, 0.25) is 0 Å². The molecular weight excluding hydrogens is 497 g/mol. The number of hydrogen-bond donors (Lipinski definition) is 1. The minimum atomic E-state index is -1.02. The van der Waals surface area contributed by atoms with Gasteiger partial charge in [0.1, 0.15) is 11.2 Å². The van der Waals surface area contributed by atoms with Gasteiger partial charge in [-0.25, -0.2) is 15.0 Å². The lowest BCUT2D eigenvalue weighted by Gasteiger charge is -2.37. The summed E-state index contributed by atoms with van der Waals surface area (Å²) in [6, 6.07) is 31.9. The molecule has 7 heteroatoms. The van der Waals surface area contributed by atoms with Crippen molar-refractivity contribution in [2.24, 2.45) is 0 Å². The maximum absolute atomic E-state index is 10.6. The van der Waals surface area contributed by atoms with E-state index in [0.717, 1.165) is 38.5 Å². The van der Waals surface area contributed by atoms with Gasteiger partial charge in [-0.15, -0.1) is 0 Å². The van der Waals surface area contributed by atoms with Crippen LogP contribution in [-0.4, -0.2) is 38.7 Å². The van der Waals surface area contributed by atoms with Gasteiger partial charge < -0.3 is 14.2 Å². The molecule has 0 aliphatic heterocycles. The van der Waals surface area contributed by atoms with Crippen molar-refractivity contribution in [1.82, 2.24) is 15.0 Å². The molecule has 0 aliphatic carbocycles. The molecule has 0 atom stereocenters. The summed E-state index contributed by atoms with van der Waals surface area (Å²) in [6.07, 6.45) is 0. The van der Waals surface area contributed by atoms with Crippen molar-refractivity contribution < 1.29 is 14.2 Å².